The predicted octanol–water partition coefficient (Wildman–Crippen LogP) is 5.50. The van der Waals surface area contributed by atoms with Gasteiger partial charge >= 0.3 is 5.97 Å². The summed E-state index contributed by atoms with van der Waals surface area (Å²) in [7, 11) is 0. The Morgan fingerprint density at radius 3 is 2.19 bits per heavy atom. The van der Waals surface area contributed by atoms with Crippen LogP contribution in [0.5, 0.6) is 5.75 Å². The number of hydrogen-bond donors (Lipinski definition) is 2. The van der Waals surface area contributed by atoms with E-state index in [9.17, 15) is 9.59 Å². The van der Waals surface area contributed by atoms with Gasteiger partial charge in [-0.3, -0.25) is 9.59 Å². The summed E-state index contributed by atoms with van der Waals surface area (Å²) >= 11 is 0. The Morgan fingerprint density at radius 1 is 0.844 bits per heavy atom. The number of benzene rings is 3. The van der Waals surface area contributed by atoms with E-state index >= 15 is 0 Å². The molecule has 0 unspecified atom stereocenters. The third-order valence-electron chi connectivity index (χ3n) is 5.41. The van der Waals surface area contributed by atoms with E-state index in [0.717, 1.165) is 34.4 Å². The van der Waals surface area contributed by atoms with Gasteiger partial charge in [-0.25, -0.2) is 0 Å². The van der Waals surface area contributed by atoms with Crippen molar-refractivity contribution < 1.29 is 19.4 Å². The third-order valence-corrected chi connectivity index (χ3v) is 5.41. The maximum Gasteiger partial charge on any atom is 0.303 e. The van der Waals surface area contributed by atoms with Crippen molar-refractivity contribution in [1.29, 1.82) is 0 Å². The standard InChI is InChI=1S/C27H29NO4/c1-18-9-10-22(11-12-25(29)30)17-24(18)28-27(31)26-19(2)15-23(16-20(26)3)32-14-13-21-7-5-4-6-8-21/h4-10,15-17H,11-14H2,1-3H3,(H,28,31)(H,29,30). The average molecular weight is 432 g/mol. The van der Waals surface area contributed by atoms with Gasteiger partial charge in [0.25, 0.3) is 5.91 Å². The highest BCUT2D eigenvalue weighted by Gasteiger charge is 2.15. The third kappa shape index (κ3) is 6.20. The smallest absolute Gasteiger partial charge is 0.303 e. The van der Waals surface area contributed by atoms with Crippen molar-refractivity contribution in [2.24, 2.45) is 0 Å². The number of ether oxygens (including phenoxy) is 1. The second kappa shape index (κ2) is 10.6. The molecule has 3 aromatic rings. The van der Waals surface area contributed by atoms with E-state index in [1.807, 2.05) is 69.3 Å². The van der Waals surface area contributed by atoms with Gasteiger partial charge in [0.2, 0.25) is 0 Å². The molecule has 3 rings (SSSR count). The maximum absolute atomic E-state index is 13.0. The van der Waals surface area contributed by atoms with Crippen LogP contribution in [0.3, 0.4) is 0 Å². The molecule has 0 aliphatic carbocycles. The molecule has 3 aromatic carbocycles. The van der Waals surface area contributed by atoms with E-state index in [1.165, 1.54) is 5.56 Å². The Balaban J connectivity index is 1.69. The molecular weight excluding hydrogens is 402 g/mol. The van der Waals surface area contributed by atoms with E-state index in [4.69, 9.17) is 9.84 Å². The minimum atomic E-state index is -0.839. The molecule has 0 atom stereocenters. The predicted molar refractivity (Wildman–Crippen MR) is 127 cm³/mol. The summed E-state index contributed by atoms with van der Waals surface area (Å²) in [6, 6.07) is 19.6. The first kappa shape index (κ1) is 23.1. The number of rotatable bonds is 9. The fourth-order valence-electron chi connectivity index (χ4n) is 3.69. The molecule has 5 heteroatoms. The zero-order valence-electron chi connectivity index (χ0n) is 18.8. The topological polar surface area (TPSA) is 75.6 Å². The summed E-state index contributed by atoms with van der Waals surface area (Å²) in [6.07, 6.45) is 1.30. The van der Waals surface area contributed by atoms with Gasteiger partial charge in [-0.15, -0.1) is 0 Å². The van der Waals surface area contributed by atoms with Crippen LogP contribution in [0.15, 0.2) is 60.7 Å². The molecule has 0 aliphatic rings. The highest BCUT2D eigenvalue weighted by atomic mass is 16.5. The lowest BCUT2D eigenvalue weighted by Crippen LogP contribution is -2.16. The number of amides is 1. The van der Waals surface area contributed by atoms with E-state index in [1.54, 1.807) is 0 Å². The molecule has 0 bridgehead atoms. The Labute approximate surface area is 189 Å². The summed E-state index contributed by atoms with van der Waals surface area (Å²) in [4.78, 5) is 23.9. The van der Waals surface area contributed by atoms with Crippen LogP contribution in [0, 0.1) is 20.8 Å². The largest absolute Gasteiger partial charge is 0.493 e. The second-order valence-corrected chi connectivity index (χ2v) is 8.01. The van der Waals surface area contributed by atoms with Gasteiger partial charge in [0, 0.05) is 24.1 Å². The van der Waals surface area contributed by atoms with Gasteiger partial charge in [-0.1, -0.05) is 42.5 Å². The molecule has 0 aromatic heterocycles. The van der Waals surface area contributed by atoms with Crippen LogP contribution in [0.1, 0.15) is 44.6 Å². The van der Waals surface area contributed by atoms with E-state index in [2.05, 4.69) is 17.4 Å². The zero-order valence-corrected chi connectivity index (χ0v) is 18.8. The monoisotopic (exact) mass is 431 g/mol. The first-order chi connectivity index (χ1) is 15.3. The number of aryl methyl sites for hydroxylation is 4. The van der Waals surface area contributed by atoms with Crippen LogP contribution in [0.2, 0.25) is 0 Å². The van der Waals surface area contributed by atoms with Crippen LogP contribution in [-0.4, -0.2) is 23.6 Å². The lowest BCUT2D eigenvalue weighted by Gasteiger charge is -2.15. The summed E-state index contributed by atoms with van der Waals surface area (Å²) < 4.78 is 5.93. The van der Waals surface area contributed by atoms with Gasteiger partial charge in [0.05, 0.1) is 6.61 Å². The number of nitrogens with one attached hydrogen (secondary N) is 1. The van der Waals surface area contributed by atoms with Crippen molar-refractivity contribution in [2.45, 2.75) is 40.0 Å². The molecule has 1 amide bonds. The molecule has 0 saturated heterocycles. The first-order valence-corrected chi connectivity index (χ1v) is 10.7. The molecule has 0 saturated carbocycles. The van der Waals surface area contributed by atoms with Gasteiger partial charge in [-0.2, -0.15) is 0 Å². The fourth-order valence-corrected chi connectivity index (χ4v) is 3.69. The van der Waals surface area contributed by atoms with E-state index < -0.39 is 5.97 Å². The van der Waals surface area contributed by atoms with Gasteiger partial charge in [0.1, 0.15) is 5.75 Å². The van der Waals surface area contributed by atoms with E-state index in [0.29, 0.717) is 24.3 Å². The van der Waals surface area contributed by atoms with Crippen molar-refractivity contribution in [3.05, 3.63) is 94.0 Å². The maximum atomic E-state index is 13.0. The van der Waals surface area contributed by atoms with Gasteiger partial charge < -0.3 is 15.2 Å². The number of anilines is 1. The van der Waals surface area contributed by atoms with E-state index in [-0.39, 0.29) is 12.3 Å². The first-order valence-electron chi connectivity index (χ1n) is 10.7. The average Bonchev–Trinajstić information content (AvgIpc) is 2.74. The molecule has 32 heavy (non-hydrogen) atoms. The molecule has 2 N–H and O–H groups in total. The minimum Gasteiger partial charge on any atom is -0.493 e. The van der Waals surface area contributed by atoms with Crippen molar-refractivity contribution >= 4 is 17.6 Å². The van der Waals surface area contributed by atoms with Crippen molar-refractivity contribution in [1.82, 2.24) is 0 Å². The number of aliphatic carboxylic acids is 1. The number of carboxylic acids is 1. The Bertz CT molecular complexity index is 1080. The second-order valence-electron chi connectivity index (χ2n) is 8.01. The number of hydrogen-bond acceptors (Lipinski definition) is 3. The molecule has 0 heterocycles. The van der Waals surface area contributed by atoms with Crippen LogP contribution in [-0.2, 0) is 17.6 Å². The molecule has 0 fully saturated rings. The van der Waals surface area contributed by atoms with Crippen molar-refractivity contribution in [3.63, 3.8) is 0 Å². The molecule has 0 radical (unpaired) electrons. The molecular formula is C27H29NO4. The summed E-state index contributed by atoms with van der Waals surface area (Å²) in [5.74, 6) is -0.276. The normalized spacial score (nSPS) is 10.6. The zero-order chi connectivity index (χ0) is 23.1. The highest BCUT2D eigenvalue weighted by molar-refractivity contribution is 6.06. The van der Waals surface area contributed by atoms with Crippen LogP contribution in [0.4, 0.5) is 5.69 Å². The van der Waals surface area contributed by atoms with Crippen molar-refractivity contribution in [2.75, 3.05) is 11.9 Å². The molecule has 166 valence electrons. The number of carbonyl (C=O) groups is 2. The molecule has 0 spiro atoms. The SMILES string of the molecule is Cc1ccc(CCC(=O)O)cc1NC(=O)c1c(C)cc(OCCc2ccccc2)cc1C. The Hall–Kier alpha value is -3.60. The Morgan fingerprint density at radius 2 is 1.53 bits per heavy atom. The van der Waals surface area contributed by atoms with Crippen molar-refractivity contribution in [3.8, 4) is 5.75 Å². The number of carboxylic acid groups (broad SMARTS) is 1. The molecule has 0 aliphatic heterocycles. The van der Waals surface area contributed by atoms with Crippen LogP contribution < -0.4 is 10.1 Å². The highest BCUT2D eigenvalue weighted by Crippen LogP contribution is 2.25. The van der Waals surface area contributed by atoms with Gasteiger partial charge in [0.15, 0.2) is 0 Å². The minimum absolute atomic E-state index is 0.0560. The summed E-state index contributed by atoms with van der Waals surface area (Å²) in [5, 5.41) is 11.9. The fraction of sp³-hybridized carbons (Fsp3) is 0.259. The van der Waals surface area contributed by atoms with Crippen LogP contribution >= 0.6 is 0 Å². The summed E-state index contributed by atoms with van der Waals surface area (Å²) in [6.45, 7) is 6.29. The molecule has 5 nitrogen and oxygen atoms in total. The Kier molecular flexibility index (Phi) is 7.66. The van der Waals surface area contributed by atoms with Crippen LogP contribution in [0.25, 0.3) is 0 Å². The summed E-state index contributed by atoms with van der Waals surface area (Å²) in [5.41, 5.74) is 6.03. The van der Waals surface area contributed by atoms with Gasteiger partial charge in [-0.05, 0) is 73.2 Å². The lowest BCUT2D eigenvalue weighted by molar-refractivity contribution is -0.136. The quantitative estimate of drug-likeness (QED) is 0.469. The number of carbonyl (C=O) groups excluding carboxylic acids is 1. The lowest BCUT2D eigenvalue weighted by atomic mass is 10.0.